The summed E-state index contributed by atoms with van der Waals surface area (Å²) in [5, 5.41) is 3.28. The number of imidazole rings is 1. The highest BCUT2D eigenvalue weighted by Crippen LogP contribution is 2.30. The van der Waals surface area contributed by atoms with Gasteiger partial charge in [-0.1, -0.05) is 120 Å². The molecule has 0 aliphatic carbocycles. The van der Waals surface area contributed by atoms with Gasteiger partial charge in [-0.05, 0) is 45.1 Å². The van der Waals surface area contributed by atoms with Gasteiger partial charge in [0, 0.05) is 13.0 Å². The van der Waals surface area contributed by atoms with Crippen molar-refractivity contribution in [1.82, 2.24) is 9.88 Å². The molecule has 0 saturated heterocycles. The molecule has 5 heteroatoms. The van der Waals surface area contributed by atoms with E-state index in [1.54, 1.807) is 0 Å². The number of hydrogen-bond acceptors (Lipinski definition) is 1. The van der Waals surface area contributed by atoms with Gasteiger partial charge in [0.1, 0.15) is 18.9 Å². The maximum atomic E-state index is 13.7. The number of amides is 1. The average Bonchev–Trinajstić information content (AvgIpc) is 3.35. The summed E-state index contributed by atoms with van der Waals surface area (Å²) in [6.45, 7) is 14.7. The molecule has 1 amide bonds. The highest BCUT2D eigenvalue weighted by molar-refractivity contribution is 5.80. The summed E-state index contributed by atoms with van der Waals surface area (Å²) < 4.78 is 4.20. The molecule has 0 unspecified atom stereocenters. The van der Waals surface area contributed by atoms with Crippen molar-refractivity contribution in [3.05, 3.63) is 125 Å². The van der Waals surface area contributed by atoms with Crippen molar-refractivity contribution in [3.63, 3.8) is 0 Å². The molecule has 1 atom stereocenters. The second-order valence-electron chi connectivity index (χ2n) is 12.7. The van der Waals surface area contributed by atoms with Crippen LogP contribution in [0.15, 0.2) is 97.6 Å². The van der Waals surface area contributed by atoms with Crippen molar-refractivity contribution in [1.29, 1.82) is 0 Å². The molecule has 1 aromatic heterocycles. The van der Waals surface area contributed by atoms with Crippen LogP contribution in [0.5, 0.6) is 0 Å². The predicted molar refractivity (Wildman–Crippen MR) is 160 cm³/mol. The molecule has 0 fully saturated rings. The molecule has 1 N–H and O–H groups in total. The largest absolute Gasteiger partial charge is 1.00 e. The maximum Gasteiger partial charge on any atom is 0.265 e. The molecule has 3 aromatic carbocycles. The third-order valence-corrected chi connectivity index (χ3v) is 7.32. The number of nitrogens with one attached hydrogen (secondary N) is 1. The van der Waals surface area contributed by atoms with Gasteiger partial charge in [0.15, 0.2) is 6.04 Å². The Morgan fingerprint density at radius 1 is 0.800 bits per heavy atom. The van der Waals surface area contributed by atoms with Gasteiger partial charge in [-0.15, -0.1) is 0 Å². The summed E-state index contributed by atoms with van der Waals surface area (Å²) in [4.78, 5) is 13.7. The number of carbonyl (C=O) groups excluding carboxylic acids is 1. The van der Waals surface area contributed by atoms with Crippen LogP contribution in [0.2, 0.25) is 0 Å². The first-order valence-electron chi connectivity index (χ1n) is 14.1. The number of aromatic nitrogens is 2. The lowest BCUT2D eigenvalue weighted by atomic mass is 9.79. The Kier molecular flexibility index (Phi) is 10.4. The van der Waals surface area contributed by atoms with Crippen LogP contribution in [0.3, 0.4) is 0 Å². The molecule has 4 aromatic rings. The first-order valence-corrected chi connectivity index (χ1v) is 14.1. The molecule has 40 heavy (non-hydrogen) atoms. The third-order valence-electron chi connectivity index (χ3n) is 7.32. The van der Waals surface area contributed by atoms with Gasteiger partial charge >= 0.3 is 0 Å². The molecule has 212 valence electrons. The molecule has 1 heterocycles. The lowest BCUT2D eigenvalue weighted by Gasteiger charge is -2.26. The normalized spacial score (nSPS) is 12.4. The maximum absolute atomic E-state index is 13.7. The SMILES string of the molecule is CC(C)(C)c1cc(CNC(=O)[C@H](CCc2ccccc2)n2cc[n+](Cc3ccccc3)c2)cc(C(C)(C)C)c1.[Cl-]. The number of rotatable bonds is 9. The molecule has 4 nitrogen and oxygen atoms in total. The van der Waals surface area contributed by atoms with Gasteiger partial charge in [-0.25, -0.2) is 9.13 Å². The Labute approximate surface area is 246 Å². The number of nitrogens with zero attached hydrogens (tertiary/aromatic N) is 2. The molecule has 0 saturated carbocycles. The molecule has 0 aliphatic heterocycles. The quantitative estimate of drug-likeness (QED) is 0.311. The molecule has 0 radical (unpaired) electrons. The van der Waals surface area contributed by atoms with Gasteiger partial charge in [-0.2, -0.15) is 0 Å². The van der Waals surface area contributed by atoms with Crippen molar-refractivity contribution in [2.24, 2.45) is 0 Å². The highest BCUT2D eigenvalue weighted by Gasteiger charge is 2.26. The molecule has 4 rings (SSSR count). The Morgan fingerprint density at radius 2 is 1.35 bits per heavy atom. The van der Waals surface area contributed by atoms with E-state index in [0.717, 1.165) is 24.9 Å². The zero-order valence-corrected chi connectivity index (χ0v) is 25.6. The molecular formula is C35H44ClN3O. The smallest absolute Gasteiger partial charge is 0.265 e. The van der Waals surface area contributed by atoms with Gasteiger partial charge in [0.25, 0.3) is 5.91 Å². The van der Waals surface area contributed by atoms with Gasteiger partial charge in [-0.3, -0.25) is 4.79 Å². The van der Waals surface area contributed by atoms with Crippen molar-refractivity contribution >= 4 is 5.91 Å². The molecular weight excluding hydrogens is 514 g/mol. The number of halogens is 1. The highest BCUT2D eigenvalue weighted by atomic mass is 35.5. The van der Waals surface area contributed by atoms with Crippen molar-refractivity contribution in [2.75, 3.05) is 0 Å². The van der Waals surface area contributed by atoms with Crippen LogP contribution in [0.1, 0.15) is 81.8 Å². The summed E-state index contributed by atoms with van der Waals surface area (Å²) in [6, 6.07) is 27.3. The Balaban J connectivity index is 0.00000441. The van der Waals surface area contributed by atoms with Crippen molar-refractivity contribution in [3.8, 4) is 0 Å². The van der Waals surface area contributed by atoms with E-state index >= 15 is 0 Å². The second kappa shape index (κ2) is 13.3. The van der Waals surface area contributed by atoms with Crippen LogP contribution in [-0.2, 0) is 35.1 Å². The molecule has 0 spiro atoms. The first-order chi connectivity index (χ1) is 18.5. The third kappa shape index (κ3) is 8.56. The zero-order chi connectivity index (χ0) is 28.0. The van der Waals surface area contributed by atoms with Crippen LogP contribution in [0.25, 0.3) is 0 Å². The van der Waals surface area contributed by atoms with E-state index in [0.29, 0.717) is 6.54 Å². The second-order valence-corrected chi connectivity index (χ2v) is 12.7. The lowest BCUT2D eigenvalue weighted by Crippen LogP contribution is -3.00. The molecule has 0 aliphatic rings. The Bertz CT molecular complexity index is 1330. The van der Waals surface area contributed by atoms with E-state index < -0.39 is 0 Å². The van der Waals surface area contributed by atoms with E-state index in [-0.39, 0.29) is 35.2 Å². The number of aryl methyl sites for hydroxylation is 1. The average molecular weight is 558 g/mol. The van der Waals surface area contributed by atoms with Crippen LogP contribution < -0.4 is 22.3 Å². The van der Waals surface area contributed by atoms with Crippen molar-refractivity contribution in [2.45, 2.75) is 84.3 Å². The zero-order valence-electron chi connectivity index (χ0n) is 24.8. The van der Waals surface area contributed by atoms with Crippen LogP contribution in [-0.4, -0.2) is 10.5 Å². The summed E-state index contributed by atoms with van der Waals surface area (Å²) in [6.07, 6.45) is 7.70. The molecule has 0 bridgehead atoms. The summed E-state index contributed by atoms with van der Waals surface area (Å²) in [7, 11) is 0. The van der Waals surface area contributed by atoms with Gasteiger partial charge < -0.3 is 17.7 Å². The minimum atomic E-state index is -0.296. The standard InChI is InChI=1S/C35H43N3O.ClH/c1-34(2,3)30-21-29(22-31(23-30)35(4,5)6)24-36-33(39)32(18-17-27-13-9-7-10-14-27)38-20-19-37(26-38)25-28-15-11-8-12-16-28;/h7-16,19-23,26,32H,17-18,24-25H2,1-6H3;1H/t32-;/m0./s1. The van der Waals surface area contributed by atoms with E-state index in [1.165, 1.54) is 22.3 Å². The number of benzene rings is 3. The summed E-state index contributed by atoms with van der Waals surface area (Å²) >= 11 is 0. The topological polar surface area (TPSA) is 37.9 Å². The summed E-state index contributed by atoms with van der Waals surface area (Å²) in [5.74, 6) is 0.0480. The minimum absolute atomic E-state index is 0. The minimum Gasteiger partial charge on any atom is -1.00 e. The van der Waals surface area contributed by atoms with E-state index in [9.17, 15) is 4.79 Å². The van der Waals surface area contributed by atoms with Gasteiger partial charge in [0.2, 0.25) is 6.33 Å². The Morgan fingerprint density at radius 3 is 1.90 bits per heavy atom. The fraction of sp³-hybridized carbons (Fsp3) is 0.371. The van der Waals surface area contributed by atoms with Gasteiger partial charge in [0.05, 0.1) is 0 Å². The van der Waals surface area contributed by atoms with Crippen LogP contribution >= 0.6 is 0 Å². The van der Waals surface area contributed by atoms with E-state index in [2.05, 4.69) is 135 Å². The van der Waals surface area contributed by atoms with E-state index in [4.69, 9.17) is 0 Å². The number of carbonyl (C=O) groups is 1. The lowest BCUT2D eigenvalue weighted by molar-refractivity contribution is -0.687. The van der Waals surface area contributed by atoms with E-state index in [1.807, 2.05) is 18.3 Å². The summed E-state index contributed by atoms with van der Waals surface area (Å²) in [5.41, 5.74) is 6.30. The fourth-order valence-electron chi connectivity index (χ4n) is 4.81. The Hall–Kier alpha value is -3.37. The number of hydrogen-bond donors (Lipinski definition) is 1. The first kappa shape index (κ1) is 31.2. The van der Waals surface area contributed by atoms with Crippen LogP contribution in [0, 0.1) is 0 Å². The predicted octanol–water partition coefficient (Wildman–Crippen LogP) is 3.91. The van der Waals surface area contributed by atoms with Crippen molar-refractivity contribution < 1.29 is 21.8 Å². The monoisotopic (exact) mass is 557 g/mol. The fourth-order valence-corrected chi connectivity index (χ4v) is 4.81. The van der Waals surface area contributed by atoms with Crippen LogP contribution in [0.4, 0.5) is 0 Å².